The van der Waals surface area contributed by atoms with Crippen molar-refractivity contribution in [3.63, 3.8) is 0 Å². The zero-order valence-corrected chi connectivity index (χ0v) is 21.2. The maximum atomic E-state index is 13.9. The molecule has 3 aromatic rings. The van der Waals surface area contributed by atoms with Crippen LogP contribution in [-0.2, 0) is 24.5 Å². The number of amides is 1. The first kappa shape index (κ1) is 24.0. The Morgan fingerprint density at radius 2 is 1.91 bits per heavy atom. The van der Waals surface area contributed by atoms with Gasteiger partial charge in [-0.3, -0.25) is 14.5 Å². The van der Waals surface area contributed by atoms with Crippen molar-refractivity contribution >= 4 is 21.8 Å². The van der Waals surface area contributed by atoms with Crippen LogP contribution >= 0.6 is 15.9 Å². The van der Waals surface area contributed by atoms with Crippen LogP contribution in [0.1, 0.15) is 64.2 Å². The average molecular weight is 547 g/mol. The maximum Gasteiger partial charge on any atom is 0.435 e. The molecule has 1 aromatic carbocycles. The number of aromatic nitrogens is 3. The van der Waals surface area contributed by atoms with Gasteiger partial charge in [0.05, 0.1) is 11.7 Å². The minimum atomic E-state index is -4.59. The molecule has 1 aliphatic heterocycles. The molecular weight excluding hydrogens is 521 g/mol. The largest absolute Gasteiger partial charge is 0.435 e. The Kier molecular flexibility index (Phi) is 6.23. The van der Waals surface area contributed by atoms with E-state index in [2.05, 4.69) is 26.0 Å². The molecule has 1 unspecified atom stereocenters. The molecule has 0 N–H and O–H groups in total. The van der Waals surface area contributed by atoms with Crippen LogP contribution in [0, 0.1) is 12.8 Å². The summed E-state index contributed by atoms with van der Waals surface area (Å²) in [4.78, 5) is 20.3. The number of alkyl halides is 4. The number of carbonyl (C=O) groups is 1. The van der Waals surface area contributed by atoms with Crippen molar-refractivity contribution in [2.75, 3.05) is 6.54 Å². The fourth-order valence-corrected chi connectivity index (χ4v) is 5.37. The van der Waals surface area contributed by atoms with Gasteiger partial charge in [-0.2, -0.15) is 18.3 Å². The average Bonchev–Trinajstić information content (AvgIpc) is 3.55. The second kappa shape index (κ2) is 9.08. The quantitative estimate of drug-likeness (QED) is 0.339. The summed E-state index contributed by atoms with van der Waals surface area (Å²) in [6.45, 7) is 4.51. The summed E-state index contributed by atoms with van der Waals surface area (Å²) in [6.07, 6.45) is 1.17. The van der Waals surface area contributed by atoms with E-state index < -0.39 is 11.9 Å². The van der Waals surface area contributed by atoms with Gasteiger partial charge >= 0.3 is 6.18 Å². The minimum absolute atomic E-state index is 0.0266. The number of hydrogen-bond donors (Lipinski definition) is 0. The van der Waals surface area contributed by atoms with Crippen LogP contribution in [0.2, 0.25) is 0 Å². The molecule has 2 aliphatic rings. The first-order chi connectivity index (χ1) is 16.7. The first-order valence-electron chi connectivity index (χ1n) is 11.8. The lowest BCUT2D eigenvalue weighted by molar-refractivity contribution is -0.141. The third-order valence-electron chi connectivity index (χ3n) is 6.85. The topological polar surface area (TPSA) is 51.0 Å². The van der Waals surface area contributed by atoms with Crippen LogP contribution in [0.3, 0.4) is 0 Å². The summed E-state index contributed by atoms with van der Waals surface area (Å²) in [6, 6.07) is 7.40. The standard InChI is InChI=1S/C26H26BrF3N4O/c1-3-33-14-21(24(32-33)26(28,29)30)19-11-16(13-27)12-20-18(19)7-9-34(25(20)35)23(17-4-5-17)22-10-15(2)6-8-31-22/h6,8,10-12,14,17,23H,3-5,7,9,13H2,1-2H3. The molecule has 5 nitrogen and oxygen atoms in total. The number of nitrogens with zero attached hydrogens (tertiary/aromatic N) is 4. The van der Waals surface area contributed by atoms with E-state index in [1.54, 1.807) is 19.2 Å². The highest BCUT2D eigenvalue weighted by molar-refractivity contribution is 9.08. The number of benzene rings is 1. The van der Waals surface area contributed by atoms with Gasteiger partial charge in [-0.15, -0.1) is 0 Å². The van der Waals surface area contributed by atoms with Gasteiger partial charge in [-0.05, 0) is 85.5 Å². The van der Waals surface area contributed by atoms with E-state index in [4.69, 9.17) is 0 Å². The summed E-state index contributed by atoms with van der Waals surface area (Å²) in [7, 11) is 0. The van der Waals surface area contributed by atoms with Crippen molar-refractivity contribution in [1.29, 1.82) is 0 Å². The Morgan fingerprint density at radius 1 is 1.17 bits per heavy atom. The number of pyridine rings is 1. The Labute approximate surface area is 210 Å². The van der Waals surface area contributed by atoms with Gasteiger partial charge < -0.3 is 4.90 Å². The molecular formula is C26H26BrF3N4O. The molecule has 9 heteroatoms. The minimum Gasteiger partial charge on any atom is -0.329 e. The number of halogens is 4. The second-order valence-corrected chi connectivity index (χ2v) is 9.90. The fraction of sp³-hybridized carbons (Fsp3) is 0.423. The van der Waals surface area contributed by atoms with Crippen LogP contribution in [0.5, 0.6) is 0 Å². The van der Waals surface area contributed by atoms with Crippen LogP contribution in [-0.4, -0.2) is 32.1 Å². The number of carbonyl (C=O) groups excluding carboxylic acids is 1. The lowest BCUT2D eigenvalue weighted by Gasteiger charge is -2.36. The molecule has 2 aromatic heterocycles. The zero-order valence-electron chi connectivity index (χ0n) is 19.6. The van der Waals surface area contributed by atoms with E-state index in [0.29, 0.717) is 47.4 Å². The molecule has 1 atom stereocenters. The Morgan fingerprint density at radius 3 is 2.54 bits per heavy atom. The summed E-state index contributed by atoms with van der Waals surface area (Å²) in [5.74, 6) is 0.209. The zero-order chi connectivity index (χ0) is 24.9. The maximum absolute atomic E-state index is 13.9. The Hall–Kier alpha value is -2.68. The van der Waals surface area contributed by atoms with Gasteiger partial charge in [0.1, 0.15) is 0 Å². The predicted octanol–water partition coefficient (Wildman–Crippen LogP) is 6.34. The van der Waals surface area contributed by atoms with Crippen LogP contribution in [0.15, 0.2) is 36.7 Å². The fourth-order valence-electron chi connectivity index (χ4n) is 5.04. The third kappa shape index (κ3) is 4.50. The van der Waals surface area contributed by atoms with E-state index >= 15 is 0 Å². The van der Waals surface area contributed by atoms with E-state index in [1.165, 1.54) is 10.9 Å². The molecule has 1 saturated carbocycles. The van der Waals surface area contributed by atoms with E-state index in [0.717, 1.165) is 29.7 Å². The van der Waals surface area contributed by atoms with Gasteiger partial charge in [0, 0.05) is 41.9 Å². The number of rotatable bonds is 6. The second-order valence-electron chi connectivity index (χ2n) is 9.34. The molecule has 0 bridgehead atoms. The molecule has 1 aliphatic carbocycles. The number of aryl methyl sites for hydroxylation is 2. The van der Waals surface area contributed by atoms with E-state index in [9.17, 15) is 18.0 Å². The smallest absolute Gasteiger partial charge is 0.329 e. The van der Waals surface area contributed by atoms with Gasteiger partial charge in [-0.25, -0.2) is 0 Å². The number of hydrogen-bond acceptors (Lipinski definition) is 3. The van der Waals surface area contributed by atoms with E-state index in [1.807, 2.05) is 30.0 Å². The molecule has 5 rings (SSSR count). The van der Waals surface area contributed by atoms with Crippen LogP contribution < -0.4 is 0 Å². The Balaban J connectivity index is 1.62. The molecule has 35 heavy (non-hydrogen) atoms. The molecule has 0 spiro atoms. The van der Waals surface area contributed by atoms with E-state index in [-0.39, 0.29) is 17.5 Å². The molecule has 184 valence electrons. The summed E-state index contributed by atoms with van der Waals surface area (Å²) < 4.78 is 43.0. The van der Waals surface area contributed by atoms with Gasteiger partial charge in [0.25, 0.3) is 5.91 Å². The summed E-state index contributed by atoms with van der Waals surface area (Å²) in [5.41, 5.74) is 3.40. The SMILES string of the molecule is CCn1cc(-c2cc(CBr)cc3c2CCN(C(c2cc(C)ccn2)C2CC2)C3=O)c(C(F)(F)F)n1. The molecule has 1 amide bonds. The normalized spacial score (nSPS) is 17.0. The Bertz CT molecular complexity index is 1280. The highest BCUT2D eigenvalue weighted by Crippen LogP contribution is 2.47. The summed E-state index contributed by atoms with van der Waals surface area (Å²) in [5, 5.41) is 4.22. The predicted molar refractivity (Wildman–Crippen MR) is 130 cm³/mol. The van der Waals surface area contributed by atoms with Crippen LogP contribution in [0.25, 0.3) is 11.1 Å². The lowest BCUT2D eigenvalue weighted by atomic mass is 9.87. The van der Waals surface area contributed by atoms with Crippen molar-refractivity contribution < 1.29 is 18.0 Å². The number of fused-ring (bicyclic) bond motifs is 1. The van der Waals surface area contributed by atoms with Gasteiger partial charge in [0.15, 0.2) is 5.69 Å². The lowest BCUT2D eigenvalue weighted by Crippen LogP contribution is -2.41. The van der Waals surface area contributed by atoms with Crippen molar-refractivity contribution in [1.82, 2.24) is 19.7 Å². The molecule has 0 saturated heterocycles. The highest BCUT2D eigenvalue weighted by atomic mass is 79.9. The van der Waals surface area contributed by atoms with Gasteiger partial charge in [-0.1, -0.05) is 15.9 Å². The highest BCUT2D eigenvalue weighted by Gasteiger charge is 2.43. The summed E-state index contributed by atoms with van der Waals surface area (Å²) >= 11 is 3.43. The van der Waals surface area contributed by atoms with Crippen molar-refractivity contribution in [2.24, 2.45) is 5.92 Å². The van der Waals surface area contributed by atoms with Gasteiger partial charge in [0.2, 0.25) is 0 Å². The first-order valence-corrected chi connectivity index (χ1v) is 12.9. The molecule has 1 fully saturated rings. The van der Waals surface area contributed by atoms with Crippen molar-refractivity contribution in [3.05, 3.63) is 70.3 Å². The monoisotopic (exact) mass is 546 g/mol. The van der Waals surface area contributed by atoms with Crippen LogP contribution in [0.4, 0.5) is 13.2 Å². The van der Waals surface area contributed by atoms with Crippen molar-refractivity contribution in [3.8, 4) is 11.1 Å². The molecule has 0 radical (unpaired) electrons. The third-order valence-corrected chi connectivity index (χ3v) is 7.49. The van der Waals surface area contributed by atoms with Crippen molar-refractivity contribution in [2.45, 2.75) is 57.2 Å². The molecule has 3 heterocycles.